The quantitative estimate of drug-likeness (QED) is 0.170. The first-order valence-corrected chi connectivity index (χ1v) is 13.0. The second-order valence-electron chi connectivity index (χ2n) is 9.29. The zero-order valence-corrected chi connectivity index (χ0v) is 19.9. The minimum absolute atomic E-state index is 0.0313. The molecule has 0 aromatic rings. The van der Waals surface area contributed by atoms with Gasteiger partial charge in [0.25, 0.3) is 0 Å². The lowest BCUT2D eigenvalue weighted by molar-refractivity contribution is -0.147. The predicted octanol–water partition coefficient (Wildman–Crippen LogP) is 7.38. The van der Waals surface area contributed by atoms with E-state index in [-0.39, 0.29) is 11.9 Å². The van der Waals surface area contributed by atoms with Gasteiger partial charge in [0.1, 0.15) is 0 Å². The van der Waals surface area contributed by atoms with Crippen LogP contribution in [-0.2, 0) is 19.1 Å². The third-order valence-corrected chi connectivity index (χ3v) is 6.40. The minimum atomic E-state index is -0.0313. The predicted molar refractivity (Wildman–Crippen MR) is 123 cm³/mol. The van der Waals surface area contributed by atoms with Crippen LogP contribution in [0.4, 0.5) is 0 Å². The molecule has 0 aromatic carbocycles. The molecule has 0 unspecified atom stereocenters. The van der Waals surface area contributed by atoms with Crippen molar-refractivity contribution in [3.8, 4) is 0 Å². The van der Waals surface area contributed by atoms with Gasteiger partial charge in [-0.25, -0.2) is 0 Å². The van der Waals surface area contributed by atoms with Crippen molar-refractivity contribution in [2.24, 2.45) is 11.8 Å². The molecule has 0 bridgehead atoms. The van der Waals surface area contributed by atoms with E-state index < -0.39 is 0 Å². The van der Waals surface area contributed by atoms with Crippen molar-refractivity contribution in [1.29, 1.82) is 0 Å². The SMILES string of the molecule is CCCCCCCCC(=O)OCC1CCC(COC(=O)CCCCCCCC)CC1. The van der Waals surface area contributed by atoms with Crippen LogP contribution >= 0.6 is 0 Å². The Labute approximate surface area is 185 Å². The number of carbonyl (C=O) groups is 2. The van der Waals surface area contributed by atoms with Crippen molar-refractivity contribution in [1.82, 2.24) is 0 Å². The third-order valence-electron chi connectivity index (χ3n) is 6.40. The van der Waals surface area contributed by atoms with Crippen LogP contribution in [0.3, 0.4) is 0 Å². The molecule has 0 aliphatic heterocycles. The van der Waals surface area contributed by atoms with Gasteiger partial charge in [-0.05, 0) is 50.4 Å². The van der Waals surface area contributed by atoms with Gasteiger partial charge in [0.05, 0.1) is 13.2 Å². The standard InChI is InChI=1S/C26H48O4/c1-3-5-7-9-11-13-15-25(27)29-21-23-17-19-24(20-18-23)22-30-26(28)16-14-12-10-8-6-4-2/h23-24H,3-22H2,1-2H3. The fraction of sp³-hybridized carbons (Fsp3) is 0.923. The molecule has 0 saturated heterocycles. The average Bonchev–Trinajstić information content (AvgIpc) is 2.76. The molecule has 1 rings (SSSR count). The Morgan fingerprint density at radius 1 is 0.567 bits per heavy atom. The molecule has 0 amide bonds. The summed E-state index contributed by atoms with van der Waals surface area (Å²) in [7, 11) is 0. The lowest BCUT2D eigenvalue weighted by Gasteiger charge is -2.27. The van der Waals surface area contributed by atoms with Crippen LogP contribution in [0.15, 0.2) is 0 Å². The first kappa shape index (κ1) is 27.0. The van der Waals surface area contributed by atoms with Gasteiger partial charge >= 0.3 is 11.9 Å². The number of ether oxygens (including phenoxy) is 2. The summed E-state index contributed by atoms with van der Waals surface area (Å²) in [4.78, 5) is 23.8. The summed E-state index contributed by atoms with van der Waals surface area (Å²) in [5.74, 6) is 0.898. The maximum Gasteiger partial charge on any atom is 0.305 e. The number of esters is 2. The zero-order chi connectivity index (χ0) is 21.9. The van der Waals surface area contributed by atoms with Crippen LogP contribution in [0.2, 0.25) is 0 Å². The second-order valence-corrected chi connectivity index (χ2v) is 9.29. The van der Waals surface area contributed by atoms with Gasteiger partial charge in [-0.2, -0.15) is 0 Å². The molecular formula is C26H48O4. The molecule has 1 aliphatic carbocycles. The van der Waals surface area contributed by atoms with Crippen LogP contribution in [-0.4, -0.2) is 25.2 Å². The number of unbranched alkanes of at least 4 members (excludes halogenated alkanes) is 10. The highest BCUT2D eigenvalue weighted by Crippen LogP contribution is 2.29. The highest BCUT2D eigenvalue weighted by Gasteiger charge is 2.23. The summed E-state index contributed by atoms with van der Waals surface area (Å²) in [6, 6.07) is 0. The molecule has 4 nitrogen and oxygen atoms in total. The zero-order valence-electron chi connectivity index (χ0n) is 19.9. The molecule has 0 heterocycles. The van der Waals surface area contributed by atoms with Crippen LogP contribution in [0.5, 0.6) is 0 Å². The maximum absolute atomic E-state index is 11.9. The third kappa shape index (κ3) is 14.8. The van der Waals surface area contributed by atoms with E-state index in [9.17, 15) is 9.59 Å². The van der Waals surface area contributed by atoms with E-state index in [1.54, 1.807) is 0 Å². The van der Waals surface area contributed by atoms with Gasteiger partial charge in [-0.1, -0.05) is 78.1 Å². The highest BCUT2D eigenvalue weighted by atomic mass is 16.5. The van der Waals surface area contributed by atoms with Gasteiger partial charge in [0.2, 0.25) is 0 Å². The lowest BCUT2D eigenvalue weighted by Crippen LogP contribution is -2.23. The molecular weight excluding hydrogens is 376 g/mol. The van der Waals surface area contributed by atoms with Crippen LogP contribution in [0.25, 0.3) is 0 Å². The molecule has 4 heteroatoms. The van der Waals surface area contributed by atoms with Crippen molar-refractivity contribution >= 4 is 11.9 Å². The second kappa shape index (κ2) is 18.7. The van der Waals surface area contributed by atoms with Gasteiger partial charge in [0.15, 0.2) is 0 Å². The van der Waals surface area contributed by atoms with Gasteiger partial charge in [0, 0.05) is 12.8 Å². The summed E-state index contributed by atoms with van der Waals surface area (Å²) in [6.07, 6.45) is 19.7. The summed E-state index contributed by atoms with van der Waals surface area (Å²) in [5, 5.41) is 0. The first-order chi connectivity index (χ1) is 14.7. The van der Waals surface area contributed by atoms with Crippen molar-refractivity contribution in [2.75, 3.05) is 13.2 Å². The molecule has 1 aliphatic rings. The van der Waals surface area contributed by atoms with E-state index in [0.29, 0.717) is 37.9 Å². The lowest BCUT2D eigenvalue weighted by atomic mass is 9.83. The Balaban J connectivity index is 1.97. The average molecular weight is 425 g/mol. The molecule has 0 N–H and O–H groups in total. The van der Waals surface area contributed by atoms with E-state index in [1.807, 2.05) is 0 Å². The summed E-state index contributed by atoms with van der Waals surface area (Å²) in [5.41, 5.74) is 0. The van der Waals surface area contributed by atoms with Crippen LogP contribution < -0.4 is 0 Å². The van der Waals surface area contributed by atoms with Crippen molar-refractivity contribution in [3.05, 3.63) is 0 Å². The monoisotopic (exact) mass is 424 g/mol. The maximum atomic E-state index is 11.9. The minimum Gasteiger partial charge on any atom is -0.465 e. The van der Waals surface area contributed by atoms with Crippen molar-refractivity contribution < 1.29 is 19.1 Å². The molecule has 1 fully saturated rings. The molecule has 30 heavy (non-hydrogen) atoms. The number of hydrogen-bond donors (Lipinski definition) is 0. The summed E-state index contributed by atoms with van der Waals surface area (Å²) >= 11 is 0. The normalized spacial score (nSPS) is 18.9. The highest BCUT2D eigenvalue weighted by molar-refractivity contribution is 5.69. The smallest absolute Gasteiger partial charge is 0.305 e. The Hall–Kier alpha value is -1.06. The van der Waals surface area contributed by atoms with Crippen molar-refractivity contribution in [3.63, 3.8) is 0 Å². The van der Waals surface area contributed by atoms with Gasteiger partial charge in [-0.3, -0.25) is 9.59 Å². The summed E-state index contributed by atoms with van der Waals surface area (Å²) < 4.78 is 11.0. The molecule has 0 spiro atoms. The Morgan fingerprint density at radius 2 is 0.900 bits per heavy atom. The number of rotatable bonds is 18. The number of carbonyl (C=O) groups excluding carboxylic acids is 2. The summed E-state index contributed by atoms with van der Waals surface area (Å²) in [6.45, 7) is 5.57. The molecule has 0 aromatic heterocycles. The van der Waals surface area contributed by atoms with E-state index in [0.717, 1.165) is 51.4 Å². The van der Waals surface area contributed by atoms with E-state index >= 15 is 0 Å². The molecule has 0 atom stereocenters. The number of hydrogen-bond acceptors (Lipinski definition) is 4. The largest absolute Gasteiger partial charge is 0.465 e. The van der Waals surface area contributed by atoms with E-state index in [4.69, 9.17) is 9.47 Å². The Morgan fingerprint density at radius 3 is 1.27 bits per heavy atom. The Bertz CT molecular complexity index is 387. The van der Waals surface area contributed by atoms with Crippen LogP contribution in [0.1, 0.15) is 129 Å². The van der Waals surface area contributed by atoms with E-state index in [1.165, 1.54) is 51.4 Å². The topological polar surface area (TPSA) is 52.6 Å². The first-order valence-electron chi connectivity index (χ1n) is 13.0. The van der Waals surface area contributed by atoms with Crippen molar-refractivity contribution in [2.45, 2.75) is 129 Å². The van der Waals surface area contributed by atoms with Gasteiger partial charge in [-0.15, -0.1) is 0 Å². The Kier molecular flexibility index (Phi) is 16.8. The molecule has 1 saturated carbocycles. The fourth-order valence-electron chi connectivity index (χ4n) is 4.23. The fourth-order valence-corrected chi connectivity index (χ4v) is 4.23. The molecule has 176 valence electrons. The van der Waals surface area contributed by atoms with Gasteiger partial charge < -0.3 is 9.47 Å². The molecule has 0 radical (unpaired) electrons. The van der Waals surface area contributed by atoms with Crippen LogP contribution in [0, 0.1) is 11.8 Å². The van der Waals surface area contributed by atoms with E-state index in [2.05, 4.69) is 13.8 Å².